The second kappa shape index (κ2) is 4.47. The van der Waals surface area contributed by atoms with E-state index in [4.69, 9.17) is 0 Å². The molecule has 2 aliphatic rings. The van der Waals surface area contributed by atoms with Crippen LogP contribution in [0.5, 0.6) is 0 Å². The molecule has 2 heterocycles. The highest BCUT2D eigenvalue weighted by Gasteiger charge is 2.48. The van der Waals surface area contributed by atoms with Gasteiger partial charge in [0.25, 0.3) is 0 Å². The highest BCUT2D eigenvalue weighted by molar-refractivity contribution is 5.90. The number of aryl methyl sites for hydroxylation is 1. The Balaban J connectivity index is 1.60. The molecule has 2 aliphatic carbocycles. The summed E-state index contributed by atoms with van der Waals surface area (Å²) < 4.78 is 0. The molecule has 2 N–H and O–H groups in total. The van der Waals surface area contributed by atoms with Gasteiger partial charge >= 0.3 is 0 Å². The van der Waals surface area contributed by atoms with E-state index in [9.17, 15) is 0 Å². The quantitative estimate of drug-likeness (QED) is 0.874. The van der Waals surface area contributed by atoms with Crippen LogP contribution in [0.15, 0.2) is 12.5 Å². The Hall–Kier alpha value is -1.58. The fourth-order valence-electron chi connectivity index (χ4n) is 3.76. The van der Waals surface area contributed by atoms with Crippen molar-refractivity contribution in [2.45, 2.75) is 45.4 Å². The van der Waals surface area contributed by atoms with Gasteiger partial charge in [-0.05, 0) is 49.0 Å². The summed E-state index contributed by atoms with van der Waals surface area (Å²) in [6.07, 6.45) is 11.8. The Bertz CT molecular complexity index is 622. The minimum atomic E-state index is 0.569. The van der Waals surface area contributed by atoms with E-state index in [1.165, 1.54) is 43.1 Å². The molecular weight excluding hydrogens is 248 g/mol. The van der Waals surface area contributed by atoms with E-state index in [0.717, 1.165) is 30.3 Å². The zero-order chi connectivity index (χ0) is 13.6. The van der Waals surface area contributed by atoms with E-state index < -0.39 is 0 Å². The van der Waals surface area contributed by atoms with Crippen LogP contribution in [0.1, 0.15) is 44.6 Å². The van der Waals surface area contributed by atoms with Gasteiger partial charge in [0.05, 0.1) is 5.39 Å². The lowest BCUT2D eigenvalue weighted by atomic mass is 9.65. The van der Waals surface area contributed by atoms with Crippen LogP contribution < -0.4 is 5.32 Å². The van der Waals surface area contributed by atoms with Crippen molar-refractivity contribution in [1.82, 2.24) is 15.0 Å². The Morgan fingerprint density at radius 2 is 2.20 bits per heavy atom. The maximum Gasteiger partial charge on any atom is 0.143 e. The third-order valence-electron chi connectivity index (χ3n) is 5.33. The van der Waals surface area contributed by atoms with Crippen LogP contribution in [0.25, 0.3) is 11.0 Å². The number of hydrogen-bond donors (Lipinski definition) is 2. The third-order valence-corrected chi connectivity index (χ3v) is 5.33. The second-order valence-corrected chi connectivity index (χ2v) is 6.46. The number of nitrogens with zero attached hydrogens (tertiary/aromatic N) is 2. The first-order chi connectivity index (χ1) is 9.82. The minimum Gasteiger partial charge on any atom is -0.369 e. The van der Waals surface area contributed by atoms with Crippen LogP contribution in [0.3, 0.4) is 0 Å². The molecule has 0 radical (unpaired) electrons. The summed E-state index contributed by atoms with van der Waals surface area (Å²) in [5, 5.41) is 4.82. The van der Waals surface area contributed by atoms with Crippen molar-refractivity contribution in [2.24, 2.45) is 11.3 Å². The SMILES string of the molecule is CCc1c[nH]c2ncnc(NCC3(C4CC4)CCC3)c12. The molecule has 0 aromatic carbocycles. The number of H-pyrrole nitrogens is 1. The maximum atomic E-state index is 4.49. The number of aromatic amines is 1. The molecule has 0 bridgehead atoms. The van der Waals surface area contributed by atoms with Crippen LogP contribution in [0.4, 0.5) is 5.82 Å². The number of aromatic nitrogens is 3. The van der Waals surface area contributed by atoms with Gasteiger partial charge in [-0.25, -0.2) is 9.97 Å². The van der Waals surface area contributed by atoms with Gasteiger partial charge < -0.3 is 10.3 Å². The lowest BCUT2D eigenvalue weighted by Gasteiger charge is -2.42. The molecule has 4 nitrogen and oxygen atoms in total. The molecule has 2 aromatic rings. The number of anilines is 1. The monoisotopic (exact) mass is 270 g/mol. The van der Waals surface area contributed by atoms with Crippen LogP contribution in [-0.4, -0.2) is 21.5 Å². The molecule has 0 amide bonds. The fourth-order valence-corrected chi connectivity index (χ4v) is 3.76. The van der Waals surface area contributed by atoms with Crippen molar-refractivity contribution in [2.75, 3.05) is 11.9 Å². The zero-order valence-electron chi connectivity index (χ0n) is 12.1. The molecule has 4 heteroatoms. The predicted molar refractivity (Wildman–Crippen MR) is 80.8 cm³/mol. The van der Waals surface area contributed by atoms with E-state index in [2.05, 4.69) is 33.4 Å². The van der Waals surface area contributed by atoms with Crippen molar-refractivity contribution >= 4 is 16.9 Å². The van der Waals surface area contributed by atoms with Gasteiger partial charge in [-0.15, -0.1) is 0 Å². The zero-order valence-corrected chi connectivity index (χ0v) is 12.1. The second-order valence-electron chi connectivity index (χ2n) is 6.46. The highest BCUT2D eigenvalue weighted by Crippen LogP contribution is 2.57. The molecule has 4 rings (SSSR count). The Morgan fingerprint density at radius 1 is 1.35 bits per heavy atom. The van der Waals surface area contributed by atoms with Gasteiger partial charge in [0.2, 0.25) is 0 Å². The predicted octanol–water partition coefficient (Wildman–Crippen LogP) is 3.51. The topological polar surface area (TPSA) is 53.6 Å². The van der Waals surface area contributed by atoms with E-state index in [-0.39, 0.29) is 0 Å². The molecule has 0 spiro atoms. The Morgan fingerprint density at radius 3 is 2.85 bits per heavy atom. The summed E-state index contributed by atoms with van der Waals surface area (Å²) in [6, 6.07) is 0. The van der Waals surface area contributed by atoms with Crippen LogP contribution in [0, 0.1) is 11.3 Å². The normalized spacial score (nSPS) is 20.9. The van der Waals surface area contributed by atoms with Gasteiger partial charge in [0, 0.05) is 12.7 Å². The number of fused-ring (bicyclic) bond motifs is 1. The number of nitrogens with one attached hydrogen (secondary N) is 2. The van der Waals surface area contributed by atoms with Crippen molar-refractivity contribution in [3.05, 3.63) is 18.1 Å². The smallest absolute Gasteiger partial charge is 0.143 e. The van der Waals surface area contributed by atoms with Crippen LogP contribution in [-0.2, 0) is 6.42 Å². The number of rotatable bonds is 5. The first kappa shape index (κ1) is 12.2. The van der Waals surface area contributed by atoms with E-state index in [1.807, 2.05) is 0 Å². The fraction of sp³-hybridized carbons (Fsp3) is 0.625. The molecule has 2 aromatic heterocycles. The molecule has 0 aliphatic heterocycles. The summed E-state index contributed by atoms with van der Waals surface area (Å²) >= 11 is 0. The van der Waals surface area contributed by atoms with Crippen molar-refractivity contribution in [3.8, 4) is 0 Å². The minimum absolute atomic E-state index is 0.569. The van der Waals surface area contributed by atoms with Crippen molar-refractivity contribution in [3.63, 3.8) is 0 Å². The van der Waals surface area contributed by atoms with Crippen molar-refractivity contribution in [1.29, 1.82) is 0 Å². The molecule has 2 fully saturated rings. The van der Waals surface area contributed by atoms with E-state index in [0.29, 0.717) is 5.41 Å². The van der Waals surface area contributed by atoms with E-state index >= 15 is 0 Å². The molecule has 106 valence electrons. The standard InChI is InChI=1S/C16H22N4/c1-2-11-8-17-14-13(11)15(20-10-19-14)18-9-16(6-3-7-16)12-4-5-12/h8,10,12H,2-7,9H2,1H3,(H2,17,18,19,20). The summed E-state index contributed by atoms with van der Waals surface area (Å²) in [4.78, 5) is 12.1. The average molecular weight is 270 g/mol. The molecule has 2 saturated carbocycles. The summed E-state index contributed by atoms with van der Waals surface area (Å²) in [6.45, 7) is 3.26. The van der Waals surface area contributed by atoms with Gasteiger partial charge in [0.1, 0.15) is 17.8 Å². The molecule has 0 saturated heterocycles. The van der Waals surface area contributed by atoms with Crippen molar-refractivity contribution < 1.29 is 0 Å². The maximum absolute atomic E-state index is 4.49. The van der Waals surface area contributed by atoms with Crippen LogP contribution in [0.2, 0.25) is 0 Å². The van der Waals surface area contributed by atoms with Crippen LogP contribution >= 0.6 is 0 Å². The largest absolute Gasteiger partial charge is 0.369 e. The summed E-state index contributed by atoms with van der Waals surface area (Å²) in [7, 11) is 0. The highest BCUT2D eigenvalue weighted by atomic mass is 15.0. The molecule has 0 atom stereocenters. The van der Waals surface area contributed by atoms with Gasteiger partial charge in [0.15, 0.2) is 0 Å². The summed E-state index contributed by atoms with van der Waals surface area (Å²) in [5.41, 5.74) is 2.82. The molecule has 20 heavy (non-hydrogen) atoms. The van der Waals surface area contributed by atoms with E-state index in [1.54, 1.807) is 6.33 Å². The van der Waals surface area contributed by atoms with Gasteiger partial charge in [-0.1, -0.05) is 13.3 Å². The summed E-state index contributed by atoms with van der Waals surface area (Å²) in [5.74, 6) is 1.98. The molecular formula is C16H22N4. The first-order valence-corrected chi connectivity index (χ1v) is 7.87. The van der Waals surface area contributed by atoms with Gasteiger partial charge in [-0.2, -0.15) is 0 Å². The lowest BCUT2D eigenvalue weighted by molar-refractivity contribution is 0.118. The van der Waals surface area contributed by atoms with Gasteiger partial charge in [-0.3, -0.25) is 0 Å². The third kappa shape index (κ3) is 1.81. The Kier molecular flexibility index (Phi) is 2.72. The Labute approximate surface area is 119 Å². The number of hydrogen-bond acceptors (Lipinski definition) is 3. The lowest BCUT2D eigenvalue weighted by Crippen LogP contribution is -2.38. The average Bonchev–Trinajstić information content (AvgIpc) is 3.17. The molecule has 0 unspecified atom stereocenters. The first-order valence-electron chi connectivity index (χ1n) is 7.87.